The molecule has 0 atom stereocenters. The number of carbonyl (C=O) groups is 1. The van der Waals surface area contributed by atoms with Crippen LogP contribution in [-0.2, 0) is 25.8 Å². The molecule has 1 aliphatic carbocycles. The van der Waals surface area contributed by atoms with Crippen LogP contribution >= 0.6 is 0 Å². The Bertz CT molecular complexity index is 1280. The Kier molecular flexibility index (Phi) is 6.44. The third-order valence-corrected chi connectivity index (χ3v) is 6.32. The first-order chi connectivity index (χ1) is 16.7. The van der Waals surface area contributed by atoms with Crippen molar-refractivity contribution in [1.29, 1.82) is 0 Å². The average Bonchev–Trinajstić information content (AvgIpc) is 3.26. The minimum Gasteiger partial charge on any atom is -0.477 e. The summed E-state index contributed by atoms with van der Waals surface area (Å²) in [5, 5.41) is 18.0. The molecule has 0 amide bonds. The zero-order valence-electron chi connectivity index (χ0n) is 18.9. The van der Waals surface area contributed by atoms with E-state index < -0.39 is 5.97 Å². The monoisotopic (exact) mass is 453 g/mol. The summed E-state index contributed by atoms with van der Waals surface area (Å²) in [5.41, 5.74) is 7.66. The van der Waals surface area contributed by atoms with E-state index in [0.29, 0.717) is 18.7 Å². The number of nitrogens with one attached hydrogen (secondary N) is 1. The third kappa shape index (κ3) is 4.61. The van der Waals surface area contributed by atoms with Crippen LogP contribution in [0, 0.1) is 0 Å². The lowest BCUT2D eigenvalue weighted by Crippen LogP contribution is -2.21. The molecule has 4 aromatic rings. The van der Waals surface area contributed by atoms with Gasteiger partial charge in [0.15, 0.2) is 0 Å². The Morgan fingerprint density at radius 3 is 2.62 bits per heavy atom. The lowest BCUT2D eigenvalue weighted by Gasteiger charge is -2.14. The molecule has 1 aliphatic rings. The second-order valence-corrected chi connectivity index (χ2v) is 8.53. The van der Waals surface area contributed by atoms with Gasteiger partial charge in [0.05, 0.1) is 5.69 Å². The van der Waals surface area contributed by atoms with Crippen LogP contribution in [0.2, 0.25) is 0 Å². The van der Waals surface area contributed by atoms with Crippen molar-refractivity contribution >= 4 is 5.97 Å². The van der Waals surface area contributed by atoms with Crippen LogP contribution in [0.1, 0.15) is 33.6 Å². The Labute approximate surface area is 198 Å². The Balaban J connectivity index is 1.14. The molecule has 5 rings (SSSR count). The molecule has 172 valence electrons. The topological polar surface area (TPSA) is 92.9 Å². The molecule has 0 saturated heterocycles. The predicted octanol–water partition coefficient (Wildman–Crippen LogP) is 4.03. The molecule has 7 nitrogen and oxygen atoms in total. The summed E-state index contributed by atoms with van der Waals surface area (Å²) in [5.74, 6) is -0.908. The first-order valence-corrected chi connectivity index (χ1v) is 11.7. The number of rotatable bonds is 9. The lowest BCUT2D eigenvalue weighted by molar-refractivity contribution is 0.0681. The molecule has 0 fully saturated rings. The summed E-state index contributed by atoms with van der Waals surface area (Å²) in [4.78, 5) is 20.3. The van der Waals surface area contributed by atoms with Crippen LogP contribution in [0.5, 0.6) is 0 Å². The highest BCUT2D eigenvalue weighted by atomic mass is 16.4. The standard InChI is InChI=1S/C27H27N5O2/c33-27(34)26-24-9-8-22-18-30-15-11-23(22)25(24)31-32(26)16-2-13-28-14-10-19-4-6-20(7-5-19)21-3-1-12-29-17-21/h1,3-7,11-12,15,17-18,28H,2,8-10,13-14,16H2,(H,33,34). The molecule has 1 aromatic carbocycles. The number of aromatic nitrogens is 4. The van der Waals surface area contributed by atoms with E-state index in [-0.39, 0.29) is 0 Å². The van der Waals surface area contributed by atoms with Gasteiger partial charge < -0.3 is 10.4 Å². The van der Waals surface area contributed by atoms with Gasteiger partial charge in [0.25, 0.3) is 0 Å². The summed E-state index contributed by atoms with van der Waals surface area (Å²) in [6.07, 6.45) is 10.5. The zero-order chi connectivity index (χ0) is 23.3. The van der Waals surface area contributed by atoms with Crippen LogP contribution in [0.4, 0.5) is 0 Å². The normalized spacial score (nSPS) is 12.2. The summed E-state index contributed by atoms with van der Waals surface area (Å²) in [6, 6.07) is 14.5. The van der Waals surface area contributed by atoms with E-state index in [2.05, 4.69) is 50.7 Å². The number of nitrogens with zero attached hydrogens (tertiary/aromatic N) is 4. The van der Waals surface area contributed by atoms with Crippen molar-refractivity contribution < 1.29 is 9.90 Å². The van der Waals surface area contributed by atoms with Gasteiger partial charge in [-0.1, -0.05) is 30.3 Å². The maximum atomic E-state index is 12.0. The lowest BCUT2D eigenvalue weighted by atomic mass is 9.90. The van der Waals surface area contributed by atoms with Gasteiger partial charge in [-0.15, -0.1) is 0 Å². The predicted molar refractivity (Wildman–Crippen MR) is 131 cm³/mol. The molecule has 0 saturated carbocycles. The van der Waals surface area contributed by atoms with Crippen molar-refractivity contribution in [2.45, 2.75) is 32.2 Å². The summed E-state index contributed by atoms with van der Waals surface area (Å²) < 4.78 is 1.67. The SMILES string of the molecule is O=C(O)c1c2c(nn1CCCNCCc1ccc(-c3cccnc3)cc1)-c1ccncc1CC2. The fourth-order valence-electron chi connectivity index (χ4n) is 4.58. The summed E-state index contributed by atoms with van der Waals surface area (Å²) in [7, 11) is 0. The molecule has 0 radical (unpaired) electrons. The van der Waals surface area contributed by atoms with E-state index in [1.54, 1.807) is 17.1 Å². The number of hydrogen-bond acceptors (Lipinski definition) is 5. The molecule has 3 heterocycles. The quantitative estimate of drug-likeness (QED) is 0.372. The van der Waals surface area contributed by atoms with Crippen LogP contribution in [0.3, 0.4) is 0 Å². The van der Waals surface area contributed by atoms with Crippen LogP contribution in [0.15, 0.2) is 67.3 Å². The summed E-state index contributed by atoms with van der Waals surface area (Å²) >= 11 is 0. The molecule has 3 aromatic heterocycles. The molecule has 0 bridgehead atoms. The molecule has 0 spiro atoms. The number of benzene rings is 1. The Morgan fingerprint density at radius 1 is 0.971 bits per heavy atom. The molecular weight excluding hydrogens is 426 g/mol. The number of carboxylic acids is 1. The van der Waals surface area contributed by atoms with E-state index in [4.69, 9.17) is 0 Å². The van der Waals surface area contributed by atoms with Gasteiger partial charge in [-0.05, 0) is 73.2 Å². The maximum absolute atomic E-state index is 12.0. The van der Waals surface area contributed by atoms with Gasteiger partial charge >= 0.3 is 5.97 Å². The number of carboxylic acid groups (broad SMARTS) is 1. The Hall–Kier alpha value is -3.84. The third-order valence-electron chi connectivity index (χ3n) is 6.32. The average molecular weight is 454 g/mol. The van der Waals surface area contributed by atoms with Crippen molar-refractivity contribution in [3.8, 4) is 22.4 Å². The van der Waals surface area contributed by atoms with Gasteiger partial charge in [-0.3, -0.25) is 14.6 Å². The highest BCUT2D eigenvalue weighted by Gasteiger charge is 2.27. The van der Waals surface area contributed by atoms with Crippen LogP contribution in [0.25, 0.3) is 22.4 Å². The van der Waals surface area contributed by atoms with E-state index in [0.717, 1.165) is 60.3 Å². The van der Waals surface area contributed by atoms with Crippen LogP contribution in [-0.4, -0.2) is 43.9 Å². The minimum atomic E-state index is -0.908. The number of fused-ring (bicyclic) bond motifs is 3. The summed E-state index contributed by atoms with van der Waals surface area (Å²) in [6.45, 7) is 2.24. The number of aryl methyl sites for hydroxylation is 2. The second-order valence-electron chi connectivity index (χ2n) is 8.53. The fourth-order valence-corrected chi connectivity index (χ4v) is 4.58. The van der Waals surface area contributed by atoms with E-state index in [1.807, 2.05) is 24.5 Å². The van der Waals surface area contributed by atoms with Gasteiger partial charge in [0.2, 0.25) is 0 Å². The van der Waals surface area contributed by atoms with Gasteiger partial charge in [0.1, 0.15) is 5.69 Å². The minimum absolute atomic E-state index is 0.325. The van der Waals surface area contributed by atoms with Gasteiger partial charge in [0, 0.05) is 42.5 Å². The van der Waals surface area contributed by atoms with Crippen molar-refractivity contribution in [3.63, 3.8) is 0 Å². The van der Waals surface area contributed by atoms with Crippen LogP contribution < -0.4 is 5.32 Å². The zero-order valence-corrected chi connectivity index (χ0v) is 18.9. The first kappa shape index (κ1) is 22.0. The van der Waals surface area contributed by atoms with E-state index in [9.17, 15) is 9.90 Å². The van der Waals surface area contributed by atoms with Gasteiger partial charge in [-0.25, -0.2) is 4.79 Å². The van der Waals surface area contributed by atoms with Crippen molar-refractivity contribution in [2.75, 3.05) is 13.1 Å². The number of hydrogen-bond donors (Lipinski definition) is 2. The Morgan fingerprint density at radius 2 is 1.82 bits per heavy atom. The molecular formula is C27H27N5O2. The molecule has 0 unspecified atom stereocenters. The second kappa shape index (κ2) is 9.97. The van der Waals surface area contributed by atoms with Crippen molar-refractivity contribution in [2.24, 2.45) is 0 Å². The number of aromatic carboxylic acids is 1. The van der Waals surface area contributed by atoms with E-state index >= 15 is 0 Å². The largest absolute Gasteiger partial charge is 0.477 e. The molecule has 34 heavy (non-hydrogen) atoms. The molecule has 0 aliphatic heterocycles. The first-order valence-electron chi connectivity index (χ1n) is 11.7. The fraction of sp³-hybridized carbons (Fsp3) is 0.259. The molecule has 2 N–H and O–H groups in total. The van der Waals surface area contributed by atoms with Crippen molar-refractivity contribution in [3.05, 3.63) is 89.6 Å². The smallest absolute Gasteiger partial charge is 0.354 e. The number of pyridine rings is 2. The molecule has 7 heteroatoms. The van der Waals surface area contributed by atoms with Crippen molar-refractivity contribution in [1.82, 2.24) is 25.1 Å². The van der Waals surface area contributed by atoms with Gasteiger partial charge in [-0.2, -0.15) is 5.10 Å². The van der Waals surface area contributed by atoms with E-state index in [1.165, 1.54) is 11.1 Å². The highest BCUT2D eigenvalue weighted by Crippen LogP contribution is 2.34. The maximum Gasteiger partial charge on any atom is 0.354 e. The highest BCUT2D eigenvalue weighted by molar-refractivity contribution is 5.90.